The normalized spacial score (nSPS) is 16.7. The second-order valence-corrected chi connectivity index (χ2v) is 5.25. The molecule has 6 nitrogen and oxygen atoms in total. The maximum atomic E-state index is 14.3. The Balaban J connectivity index is 2.11. The van der Waals surface area contributed by atoms with E-state index < -0.39 is 17.8 Å². The minimum absolute atomic E-state index is 0.309. The van der Waals surface area contributed by atoms with Gasteiger partial charge in [-0.2, -0.15) is 10.1 Å². The van der Waals surface area contributed by atoms with Crippen LogP contribution in [-0.2, 0) is 9.53 Å². The second kappa shape index (κ2) is 6.20. The number of fused-ring (bicyclic) bond motifs is 1. The molecule has 0 amide bonds. The molecule has 0 saturated heterocycles. The molecule has 0 spiro atoms. The molecular weight excluding hydrogens is 299 g/mol. The van der Waals surface area contributed by atoms with Gasteiger partial charge in [-0.05, 0) is 19.4 Å². The van der Waals surface area contributed by atoms with Crippen LogP contribution in [0.2, 0.25) is 0 Å². The summed E-state index contributed by atoms with van der Waals surface area (Å²) in [5, 5.41) is 7.15. The Morgan fingerprint density at radius 2 is 2.22 bits per heavy atom. The number of nitrogens with one attached hydrogen (secondary N) is 1. The number of aromatic nitrogens is 3. The lowest BCUT2D eigenvalue weighted by molar-refractivity contribution is -0.139. The second-order valence-electron chi connectivity index (χ2n) is 5.25. The lowest BCUT2D eigenvalue weighted by atomic mass is 9.95. The first-order valence-electron chi connectivity index (χ1n) is 7.42. The predicted octanol–water partition coefficient (Wildman–Crippen LogP) is 2.66. The van der Waals surface area contributed by atoms with Crippen LogP contribution >= 0.6 is 0 Å². The SMILES string of the molecule is CCCOC(=O)C1=C(C)Nc2ncnn2C1c1ccccc1F. The molecule has 0 aliphatic carbocycles. The monoisotopic (exact) mass is 316 g/mol. The van der Waals surface area contributed by atoms with Crippen LogP contribution in [0.15, 0.2) is 41.9 Å². The molecular formula is C16H17FN4O2. The van der Waals surface area contributed by atoms with Crippen LogP contribution in [0.25, 0.3) is 0 Å². The maximum absolute atomic E-state index is 14.3. The van der Waals surface area contributed by atoms with E-state index in [1.54, 1.807) is 25.1 Å². The van der Waals surface area contributed by atoms with Crippen molar-refractivity contribution < 1.29 is 13.9 Å². The summed E-state index contributed by atoms with van der Waals surface area (Å²) in [6, 6.07) is 5.62. The van der Waals surface area contributed by atoms with Gasteiger partial charge in [0.15, 0.2) is 0 Å². The number of nitrogens with zero attached hydrogens (tertiary/aromatic N) is 3. The topological polar surface area (TPSA) is 69.0 Å². The number of benzene rings is 1. The van der Waals surface area contributed by atoms with Gasteiger partial charge in [0.25, 0.3) is 0 Å². The van der Waals surface area contributed by atoms with Crippen molar-refractivity contribution in [3.05, 3.63) is 53.2 Å². The Bertz CT molecular complexity index is 769. The molecule has 1 aliphatic rings. The van der Waals surface area contributed by atoms with Crippen molar-refractivity contribution in [3.63, 3.8) is 0 Å². The largest absolute Gasteiger partial charge is 0.462 e. The van der Waals surface area contributed by atoms with Crippen molar-refractivity contribution >= 4 is 11.9 Å². The number of esters is 1. The molecule has 1 atom stereocenters. The highest BCUT2D eigenvalue weighted by Gasteiger charge is 2.35. The summed E-state index contributed by atoms with van der Waals surface area (Å²) < 4.78 is 21.1. The highest BCUT2D eigenvalue weighted by Crippen LogP contribution is 2.36. The lowest BCUT2D eigenvalue weighted by Gasteiger charge is -2.28. The molecule has 0 radical (unpaired) electrons. The fraction of sp³-hybridized carbons (Fsp3) is 0.312. The number of rotatable bonds is 4. The van der Waals surface area contributed by atoms with Gasteiger partial charge >= 0.3 is 5.97 Å². The van der Waals surface area contributed by atoms with Crippen molar-refractivity contribution in [1.82, 2.24) is 14.8 Å². The minimum Gasteiger partial charge on any atom is -0.462 e. The van der Waals surface area contributed by atoms with Gasteiger partial charge < -0.3 is 10.1 Å². The minimum atomic E-state index is -0.709. The summed E-state index contributed by atoms with van der Waals surface area (Å²) >= 11 is 0. The van der Waals surface area contributed by atoms with E-state index in [1.807, 2.05) is 6.92 Å². The Kier molecular flexibility index (Phi) is 4.10. The fourth-order valence-corrected chi connectivity index (χ4v) is 2.61. The summed E-state index contributed by atoms with van der Waals surface area (Å²) in [5.41, 5.74) is 1.27. The van der Waals surface area contributed by atoms with E-state index in [-0.39, 0.29) is 0 Å². The quantitative estimate of drug-likeness (QED) is 0.878. The maximum Gasteiger partial charge on any atom is 0.338 e. The average Bonchev–Trinajstić information content (AvgIpc) is 3.00. The third-order valence-corrected chi connectivity index (χ3v) is 3.65. The highest BCUT2D eigenvalue weighted by molar-refractivity contribution is 5.92. The molecule has 3 rings (SSSR count). The number of hydrogen-bond acceptors (Lipinski definition) is 5. The van der Waals surface area contributed by atoms with Crippen LogP contribution in [0.1, 0.15) is 31.9 Å². The zero-order valence-electron chi connectivity index (χ0n) is 12.9. The van der Waals surface area contributed by atoms with Crippen LogP contribution in [-0.4, -0.2) is 27.3 Å². The summed E-state index contributed by atoms with van der Waals surface area (Å²) in [4.78, 5) is 16.6. The van der Waals surface area contributed by atoms with Crippen molar-refractivity contribution in [2.75, 3.05) is 11.9 Å². The van der Waals surface area contributed by atoms with E-state index in [0.717, 1.165) is 0 Å². The van der Waals surface area contributed by atoms with Gasteiger partial charge in [0.1, 0.15) is 18.2 Å². The molecule has 120 valence electrons. The average molecular weight is 316 g/mol. The van der Waals surface area contributed by atoms with E-state index >= 15 is 0 Å². The number of hydrogen-bond donors (Lipinski definition) is 1. The fourth-order valence-electron chi connectivity index (χ4n) is 2.61. The van der Waals surface area contributed by atoms with E-state index in [1.165, 1.54) is 17.1 Å². The number of allylic oxidation sites excluding steroid dienone is 1. The number of carbonyl (C=O) groups excluding carboxylic acids is 1. The number of ether oxygens (including phenoxy) is 1. The Morgan fingerprint density at radius 1 is 1.43 bits per heavy atom. The van der Waals surface area contributed by atoms with Gasteiger partial charge in [0, 0.05) is 11.3 Å². The third kappa shape index (κ3) is 2.69. The number of carbonyl (C=O) groups is 1. The summed E-state index contributed by atoms with van der Waals surface area (Å²) in [5.74, 6) is -0.427. The smallest absolute Gasteiger partial charge is 0.338 e. The van der Waals surface area contributed by atoms with Crippen molar-refractivity contribution in [2.24, 2.45) is 0 Å². The molecule has 2 aromatic rings. The van der Waals surface area contributed by atoms with E-state index in [0.29, 0.717) is 35.8 Å². The first-order valence-corrected chi connectivity index (χ1v) is 7.42. The molecule has 0 fully saturated rings. The van der Waals surface area contributed by atoms with E-state index in [4.69, 9.17) is 4.74 Å². The molecule has 1 aliphatic heterocycles. The first-order chi connectivity index (χ1) is 11.1. The van der Waals surface area contributed by atoms with Gasteiger partial charge in [0.2, 0.25) is 5.95 Å². The molecule has 1 aromatic heterocycles. The zero-order chi connectivity index (χ0) is 16.4. The zero-order valence-corrected chi connectivity index (χ0v) is 12.9. The number of halogens is 1. The molecule has 7 heteroatoms. The molecule has 2 heterocycles. The first kappa shape index (κ1) is 15.2. The van der Waals surface area contributed by atoms with E-state index in [9.17, 15) is 9.18 Å². The van der Waals surface area contributed by atoms with Crippen LogP contribution < -0.4 is 5.32 Å². The van der Waals surface area contributed by atoms with Crippen molar-refractivity contribution in [3.8, 4) is 0 Å². The third-order valence-electron chi connectivity index (χ3n) is 3.65. The molecule has 1 unspecified atom stereocenters. The molecule has 23 heavy (non-hydrogen) atoms. The summed E-state index contributed by atoms with van der Waals surface area (Å²) in [6.07, 6.45) is 2.08. The Labute approximate surface area is 133 Å². The van der Waals surface area contributed by atoms with Crippen LogP contribution in [0.4, 0.5) is 10.3 Å². The van der Waals surface area contributed by atoms with Crippen molar-refractivity contribution in [1.29, 1.82) is 0 Å². The van der Waals surface area contributed by atoms with Crippen LogP contribution in [0.5, 0.6) is 0 Å². The van der Waals surface area contributed by atoms with E-state index in [2.05, 4.69) is 15.4 Å². The van der Waals surface area contributed by atoms with Crippen LogP contribution in [0, 0.1) is 5.82 Å². The summed E-state index contributed by atoms with van der Waals surface area (Å²) in [6.45, 7) is 3.97. The molecule has 0 bridgehead atoms. The Morgan fingerprint density at radius 3 is 2.96 bits per heavy atom. The Hall–Kier alpha value is -2.70. The molecule has 0 saturated carbocycles. The van der Waals surface area contributed by atoms with Gasteiger partial charge in [-0.15, -0.1) is 0 Å². The van der Waals surface area contributed by atoms with Gasteiger partial charge in [-0.25, -0.2) is 13.9 Å². The van der Waals surface area contributed by atoms with Gasteiger partial charge in [-0.3, -0.25) is 0 Å². The predicted molar refractivity (Wildman–Crippen MR) is 82.1 cm³/mol. The molecule has 1 aromatic carbocycles. The number of anilines is 1. The summed E-state index contributed by atoms with van der Waals surface area (Å²) in [7, 11) is 0. The van der Waals surface area contributed by atoms with Gasteiger partial charge in [-0.1, -0.05) is 25.1 Å². The highest BCUT2D eigenvalue weighted by atomic mass is 19.1. The van der Waals surface area contributed by atoms with Gasteiger partial charge in [0.05, 0.1) is 12.2 Å². The molecule has 1 N–H and O–H groups in total. The van der Waals surface area contributed by atoms with Crippen LogP contribution in [0.3, 0.4) is 0 Å². The standard InChI is InChI=1S/C16H17FN4O2/c1-3-8-23-15(22)13-10(2)20-16-18-9-19-21(16)14(13)11-6-4-5-7-12(11)17/h4-7,9,14H,3,8H2,1-2H3,(H,18,19,20). The van der Waals surface area contributed by atoms with Crippen molar-refractivity contribution in [2.45, 2.75) is 26.3 Å². The lowest BCUT2D eigenvalue weighted by Crippen LogP contribution is -2.30.